The summed E-state index contributed by atoms with van der Waals surface area (Å²) in [7, 11) is 0. The van der Waals surface area contributed by atoms with Crippen LogP contribution in [-0.2, 0) is 0 Å². The zero-order valence-electron chi connectivity index (χ0n) is 10.7. The minimum Gasteiger partial charge on any atom is -0.399 e. The van der Waals surface area contributed by atoms with E-state index in [1.807, 2.05) is 47.4 Å². The van der Waals surface area contributed by atoms with Crippen molar-refractivity contribution in [3.8, 4) is 0 Å². The predicted octanol–water partition coefficient (Wildman–Crippen LogP) is 3.63. The Kier molecular flexibility index (Phi) is 3.89. The van der Waals surface area contributed by atoms with Gasteiger partial charge in [-0.1, -0.05) is 6.07 Å². The zero-order valence-corrected chi connectivity index (χ0v) is 13.6. The van der Waals surface area contributed by atoms with Gasteiger partial charge in [-0.25, -0.2) is 0 Å². The summed E-state index contributed by atoms with van der Waals surface area (Å²) in [5, 5.41) is 0. The lowest BCUT2D eigenvalue weighted by atomic mass is 10.1. The predicted molar refractivity (Wildman–Crippen MR) is 92.4 cm³/mol. The number of nitrogens with zero attached hydrogens (tertiary/aromatic N) is 1. The van der Waals surface area contributed by atoms with Gasteiger partial charge in [0.2, 0.25) is 0 Å². The molecule has 0 saturated heterocycles. The number of benzene rings is 2. The SMILES string of the molecule is Nc1ccc2c(c1)N(C(=O)c1cccc(I)c1)CCS2. The molecule has 0 aliphatic carbocycles. The fourth-order valence-electron chi connectivity index (χ4n) is 2.22. The second-order valence-electron chi connectivity index (χ2n) is 4.54. The molecular formula is C15H13IN2OS. The van der Waals surface area contributed by atoms with Crippen LogP contribution in [0.2, 0.25) is 0 Å². The number of halogens is 1. The maximum absolute atomic E-state index is 12.7. The number of carbonyl (C=O) groups excluding carboxylic acids is 1. The molecule has 1 aliphatic heterocycles. The number of amides is 1. The Bertz CT molecular complexity index is 675. The molecule has 1 amide bonds. The third-order valence-electron chi connectivity index (χ3n) is 3.16. The highest BCUT2D eigenvalue weighted by Crippen LogP contribution is 2.36. The molecule has 3 rings (SSSR count). The van der Waals surface area contributed by atoms with Crippen molar-refractivity contribution in [1.82, 2.24) is 0 Å². The normalized spacial score (nSPS) is 13.9. The first-order valence-electron chi connectivity index (χ1n) is 6.25. The maximum atomic E-state index is 12.7. The highest BCUT2D eigenvalue weighted by Gasteiger charge is 2.24. The number of thioether (sulfide) groups is 1. The smallest absolute Gasteiger partial charge is 0.258 e. The molecular weight excluding hydrogens is 383 g/mol. The number of nitrogen functional groups attached to an aromatic ring is 1. The van der Waals surface area contributed by atoms with E-state index in [9.17, 15) is 4.79 Å². The summed E-state index contributed by atoms with van der Waals surface area (Å²) in [4.78, 5) is 15.6. The lowest BCUT2D eigenvalue weighted by Gasteiger charge is -2.29. The van der Waals surface area contributed by atoms with Crippen LogP contribution in [0.3, 0.4) is 0 Å². The van der Waals surface area contributed by atoms with Gasteiger partial charge in [0.05, 0.1) is 5.69 Å². The van der Waals surface area contributed by atoms with Crippen molar-refractivity contribution >= 4 is 51.6 Å². The molecule has 2 aromatic rings. The molecule has 1 heterocycles. The van der Waals surface area contributed by atoms with Gasteiger partial charge < -0.3 is 10.6 Å². The topological polar surface area (TPSA) is 46.3 Å². The van der Waals surface area contributed by atoms with Gasteiger partial charge in [-0.3, -0.25) is 4.79 Å². The largest absolute Gasteiger partial charge is 0.399 e. The number of carbonyl (C=O) groups is 1. The molecule has 20 heavy (non-hydrogen) atoms. The van der Waals surface area contributed by atoms with Gasteiger partial charge in [0.15, 0.2) is 0 Å². The van der Waals surface area contributed by atoms with E-state index in [-0.39, 0.29) is 5.91 Å². The molecule has 0 radical (unpaired) electrons. The Morgan fingerprint density at radius 1 is 1.25 bits per heavy atom. The van der Waals surface area contributed by atoms with Gasteiger partial charge in [0.25, 0.3) is 5.91 Å². The van der Waals surface area contributed by atoms with Crippen LogP contribution in [0.5, 0.6) is 0 Å². The maximum Gasteiger partial charge on any atom is 0.258 e. The Labute approximate surface area is 135 Å². The second kappa shape index (κ2) is 5.65. The van der Waals surface area contributed by atoms with Gasteiger partial charge in [-0.2, -0.15) is 0 Å². The van der Waals surface area contributed by atoms with Crippen molar-refractivity contribution in [2.24, 2.45) is 0 Å². The number of hydrogen-bond acceptors (Lipinski definition) is 3. The first kappa shape index (κ1) is 13.8. The summed E-state index contributed by atoms with van der Waals surface area (Å²) in [6.07, 6.45) is 0. The summed E-state index contributed by atoms with van der Waals surface area (Å²) in [6.45, 7) is 0.714. The number of hydrogen-bond donors (Lipinski definition) is 1. The Morgan fingerprint density at radius 3 is 2.90 bits per heavy atom. The minimum atomic E-state index is 0.0377. The summed E-state index contributed by atoms with van der Waals surface area (Å²) in [5.74, 6) is 0.947. The fraction of sp³-hybridized carbons (Fsp3) is 0.133. The number of anilines is 2. The van der Waals surface area contributed by atoms with Crippen LogP contribution in [0.25, 0.3) is 0 Å². The van der Waals surface area contributed by atoms with E-state index in [1.54, 1.807) is 11.8 Å². The molecule has 5 heteroatoms. The minimum absolute atomic E-state index is 0.0377. The summed E-state index contributed by atoms with van der Waals surface area (Å²) < 4.78 is 1.06. The number of fused-ring (bicyclic) bond motifs is 1. The van der Waals surface area contributed by atoms with Crippen LogP contribution < -0.4 is 10.6 Å². The lowest BCUT2D eigenvalue weighted by Crippen LogP contribution is -2.35. The van der Waals surface area contributed by atoms with Crippen molar-refractivity contribution in [3.63, 3.8) is 0 Å². The Morgan fingerprint density at radius 2 is 2.10 bits per heavy atom. The number of rotatable bonds is 1. The van der Waals surface area contributed by atoms with Gasteiger partial charge in [-0.15, -0.1) is 11.8 Å². The Balaban J connectivity index is 2.00. The monoisotopic (exact) mass is 396 g/mol. The third kappa shape index (κ3) is 2.64. The average Bonchev–Trinajstić information content (AvgIpc) is 2.46. The van der Waals surface area contributed by atoms with E-state index in [4.69, 9.17) is 5.73 Å². The molecule has 0 bridgehead atoms. The van der Waals surface area contributed by atoms with Gasteiger partial charge in [0.1, 0.15) is 0 Å². The quantitative estimate of drug-likeness (QED) is 0.592. The highest BCUT2D eigenvalue weighted by atomic mass is 127. The van der Waals surface area contributed by atoms with Crippen LogP contribution in [0.1, 0.15) is 10.4 Å². The van der Waals surface area contributed by atoms with Crippen LogP contribution in [0.15, 0.2) is 47.4 Å². The van der Waals surface area contributed by atoms with E-state index < -0.39 is 0 Å². The van der Waals surface area contributed by atoms with Crippen LogP contribution in [-0.4, -0.2) is 18.2 Å². The first-order valence-corrected chi connectivity index (χ1v) is 8.31. The molecule has 0 unspecified atom stereocenters. The molecule has 0 aromatic heterocycles. The highest BCUT2D eigenvalue weighted by molar-refractivity contribution is 14.1. The lowest BCUT2D eigenvalue weighted by molar-refractivity contribution is 0.0987. The Hall–Kier alpha value is -1.21. The van der Waals surface area contributed by atoms with Gasteiger partial charge in [-0.05, 0) is 59.0 Å². The van der Waals surface area contributed by atoms with E-state index >= 15 is 0 Å². The second-order valence-corrected chi connectivity index (χ2v) is 6.93. The van der Waals surface area contributed by atoms with Crippen LogP contribution in [0.4, 0.5) is 11.4 Å². The number of nitrogens with two attached hydrogens (primary N) is 1. The molecule has 2 N–H and O–H groups in total. The molecule has 2 aromatic carbocycles. The van der Waals surface area contributed by atoms with Crippen molar-refractivity contribution in [1.29, 1.82) is 0 Å². The molecule has 3 nitrogen and oxygen atoms in total. The zero-order chi connectivity index (χ0) is 14.1. The van der Waals surface area contributed by atoms with Crippen molar-refractivity contribution in [2.45, 2.75) is 4.90 Å². The standard InChI is InChI=1S/C15H13IN2OS/c16-11-3-1-2-10(8-11)15(19)18-6-7-20-14-5-4-12(17)9-13(14)18/h1-5,8-9H,6-7,17H2. The molecule has 0 atom stereocenters. The fourth-order valence-corrected chi connectivity index (χ4v) is 3.74. The molecule has 0 fully saturated rings. The average molecular weight is 396 g/mol. The van der Waals surface area contributed by atoms with Crippen LogP contribution in [0, 0.1) is 3.57 Å². The van der Waals surface area contributed by atoms with Crippen molar-refractivity contribution in [2.75, 3.05) is 22.9 Å². The van der Waals surface area contributed by atoms with Crippen molar-refractivity contribution in [3.05, 3.63) is 51.6 Å². The van der Waals surface area contributed by atoms with E-state index in [0.29, 0.717) is 12.2 Å². The van der Waals surface area contributed by atoms with Crippen molar-refractivity contribution < 1.29 is 4.79 Å². The van der Waals surface area contributed by atoms with Crippen LogP contribution >= 0.6 is 34.4 Å². The van der Waals surface area contributed by atoms with E-state index in [0.717, 1.165) is 25.5 Å². The van der Waals surface area contributed by atoms with Gasteiger partial charge in [0, 0.05) is 32.0 Å². The molecule has 0 spiro atoms. The molecule has 0 saturated carbocycles. The summed E-state index contributed by atoms with van der Waals surface area (Å²) in [5.41, 5.74) is 8.19. The molecule has 102 valence electrons. The first-order chi connectivity index (χ1) is 9.65. The third-order valence-corrected chi connectivity index (χ3v) is 4.88. The van der Waals surface area contributed by atoms with Gasteiger partial charge >= 0.3 is 0 Å². The summed E-state index contributed by atoms with van der Waals surface area (Å²) >= 11 is 3.99. The molecule has 1 aliphatic rings. The van der Waals surface area contributed by atoms with E-state index in [2.05, 4.69) is 22.6 Å². The summed E-state index contributed by atoms with van der Waals surface area (Å²) in [6, 6.07) is 13.4. The van der Waals surface area contributed by atoms with E-state index in [1.165, 1.54) is 0 Å².